The van der Waals surface area contributed by atoms with E-state index in [4.69, 9.17) is 0 Å². The standard InChI is InChI=1S/C23H22FN7O3/c1-25-20-11-19(27-17-6-3-9-30(23(17)34)14-5-2-4-13(24)10-14)29-21-15(12-26-31(20)21)22(33)28-16-7-8-18(16)32/h2-6,9-12,16,18,25,32H,7-8H2,1H3,(H,27,29)(H,28,33)/t16-,18+/m0/s1. The van der Waals surface area contributed by atoms with Crippen molar-refractivity contribution in [1.82, 2.24) is 24.5 Å². The van der Waals surface area contributed by atoms with Crippen LogP contribution < -0.4 is 21.5 Å². The maximum atomic E-state index is 13.7. The lowest BCUT2D eigenvalue weighted by Gasteiger charge is -2.32. The summed E-state index contributed by atoms with van der Waals surface area (Å²) in [5.74, 6) is 0.00825. The average Bonchev–Trinajstić information content (AvgIpc) is 3.26. The van der Waals surface area contributed by atoms with Crippen LogP contribution in [0.25, 0.3) is 11.3 Å². The van der Waals surface area contributed by atoms with Crippen molar-refractivity contribution in [3.63, 3.8) is 0 Å². The number of carbonyl (C=O) groups is 1. The molecule has 174 valence electrons. The van der Waals surface area contributed by atoms with E-state index in [0.717, 1.165) is 0 Å². The molecule has 0 bridgehead atoms. The van der Waals surface area contributed by atoms with Crippen LogP contribution in [0.1, 0.15) is 23.2 Å². The largest absolute Gasteiger partial charge is 0.391 e. The van der Waals surface area contributed by atoms with E-state index in [9.17, 15) is 19.1 Å². The minimum atomic E-state index is -0.554. The number of anilines is 3. The summed E-state index contributed by atoms with van der Waals surface area (Å²) in [5.41, 5.74) is 0.729. The molecule has 3 aromatic heterocycles. The van der Waals surface area contributed by atoms with Gasteiger partial charge < -0.3 is 21.1 Å². The van der Waals surface area contributed by atoms with E-state index in [-0.39, 0.29) is 22.9 Å². The van der Waals surface area contributed by atoms with Gasteiger partial charge >= 0.3 is 0 Å². The van der Waals surface area contributed by atoms with Crippen molar-refractivity contribution in [1.29, 1.82) is 0 Å². The van der Waals surface area contributed by atoms with Gasteiger partial charge in [-0.1, -0.05) is 6.07 Å². The summed E-state index contributed by atoms with van der Waals surface area (Å²) < 4.78 is 16.5. The lowest BCUT2D eigenvalue weighted by atomic mass is 9.89. The van der Waals surface area contributed by atoms with Gasteiger partial charge in [-0.25, -0.2) is 9.37 Å². The zero-order valence-corrected chi connectivity index (χ0v) is 18.2. The number of benzene rings is 1. The summed E-state index contributed by atoms with van der Waals surface area (Å²) in [6.07, 6.45) is 3.76. The molecule has 5 rings (SSSR count). The molecule has 0 saturated heterocycles. The molecule has 34 heavy (non-hydrogen) atoms. The van der Waals surface area contributed by atoms with E-state index in [2.05, 4.69) is 26.0 Å². The highest BCUT2D eigenvalue weighted by Crippen LogP contribution is 2.23. The Kier molecular flexibility index (Phi) is 5.46. The summed E-state index contributed by atoms with van der Waals surface area (Å²) in [6, 6.07) is 10.3. The van der Waals surface area contributed by atoms with Gasteiger partial charge in [0.2, 0.25) is 0 Å². The Bertz CT molecular complexity index is 1450. The first-order chi connectivity index (χ1) is 16.4. The van der Waals surface area contributed by atoms with Gasteiger partial charge in [-0.3, -0.25) is 14.2 Å². The minimum Gasteiger partial charge on any atom is -0.391 e. The van der Waals surface area contributed by atoms with Crippen LogP contribution in [0.5, 0.6) is 0 Å². The summed E-state index contributed by atoms with van der Waals surface area (Å²) in [7, 11) is 1.70. The number of halogens is 1. The monoisotopic (exact) mass is 463 g/mol. The second-order valence-electron chi connectivity index (χ2n) is 8.00. The van der Waals surface area contributed by atoms with Crippen LogP contribution in [0.3, 0.4) is 0 Å². The van der Waals surface area contributed by atoms with Crippen LogP contribution >= 0.6 is 0 Å². The van der Waals surface area contributed by atoms with Crippen molar-refractivity contribution < 1.29 is 14.3 Å². The topological polar surface area (TPSA) is 126 Å². The van der Waals surface area contributed by atoms with Gasteiger partial charge in [0, 0.05) is 19.3 Å². The summed E-state index contributed by atoms with van der Waals surface area (Å²) in [4.78, 5) is 30.3. The molecule has 0 aliphatic heterocycles. The third-order valence-corrected chi connectivity index (χ3v) is 5.82. The Labute approximate surface area is 193 Å². The van der Waals surface area contributed by atoms with Gasteiger partial charge in [-0.2, -0.15) is 9.61 Å². The molecule has 1 aliphatic carbocycles. The van der Waals surface area contributed by atoms with Crippen LogP contribution in [0, 0.1) is 5.82 Å². The van der Waals surface area contributed by atoms with Crippen molar-refractivity contribution in [2.75, 3.05) is 17.7 Å². The highest BCUT2D eigenvalue weighted by atomic mass is 19.1. The number of hydrogen-bond donors (Lipinski definition) is 4. The van der Waals surface area contributed by atoms with Gasteiger partial charge in [-0.15, -0.1) is 0 Å². The number of amides is 1. The first-order valence-electron chi connectivity index (χ1n) is 10.7. The van der Waals surface area contributed by atoms with Crippen molar-refractivity contribution in [2.24, 2.45) is 0 Å². The fraction of sp³-hybridized carbons (Fsp3) is 0.217. The SMILES string of the molecule is CNc1cc(Nc2cccn(-c3cccc(F)c3)c2=O)nc2c(C(=O)N[C@H]3CC[C@H]3O)cnn12. The lowest BCUT2D eigenvalue weighted by molar-refractivity contribution is 0.0448. The third kappa shape index (κ3) is 3.86. The predicted molar refractivity (Wildman–Crippen MR) is 124 cm³/mol. The molecular weight excluding hydrogens is 441 g/mol. The zero-order chi connectivity index (χ0) is 23.8. The number of aliphatic hydroxyl groups is 1. The Morgan fingerprint density at radius 3 is 2.76 bits per heavy atom. The molecule has 1 amide bonds. The van der Waals surface area contributed by atoms with Crippen LogP contribution in [0.4, 0.5) is 21.7 Å². The number of nitrogens with one attached hydrogen (secondary N) is 3. The van der Waals surface area contributed by atoms with E-state index in [1.807, 2.05) is 0 Å². The number of carbonyl (C=O) groups excluding carboxylic acids is 1. The second-order valence-corrected chi connectivity index (χ2v) is 8.00. The van der Waals surface area contributed by atoms with E-state index in [1.54, 1.807) is 37.5 Å². The van der Waals surface area contributed by atoms with Gasteiger partial charge in [-0.05, 0) is 43.2 Å². The zero-order valence-electron chi connectivity index (χ0n) is 18.2. The van der Waals surface area contributed by atoms with E-state index >= 15 is 0 Å². The molecule has 1 aliphatic rings. The quantitative estimate of drug-likeness (QED) is 0.345. The second kappa shape index (κ2) is 8.60. The molecule has 0 unspecified atom stereocenters. The molecule has 2 atom stereocenters. The predicted octanol–water partition coefficient (Wildman–Crippen LogP) is 2.06. The number of aliphatic hydroxyl groups excluding tert-OH is 1. The Morgan fingerprint density at radius 2 is 2.06 bits per heavy atom. The normalized spacial score (nSPS) is 17.3. The molecule has 0 spiro atoms. The van der Waals surface area contributed by atoms with Crippen LogP contribution in [0.15, 0.2) is 59.7 Å². The molecule has 10 nitrogen and oxygen atoms in total. The van der Waals surface area contributed by atoms with Crippen molar-refractivity contribution in [3.05, 3.63) is 76.6 Å². The molecule has 3 heterocycles. The molecule has 1 saturated carbocycles. The van der Waals surface area contributed by atoms with Gasteiger partial charge in [0.25, 0.3) is 11.5 Å². The number of aromatic nitrogens is 4. The summed E-state index contributed by atoms with van der Waals surface area (Å²) in [5, 5.41) is 22.8. The maximum absolute atomic E-state index is 13.7. The number of rotatable bonds is 6. The average molecular weight is 463 g/mol. The first kappa shape index (κ1) is 21.6. The van der Waals surface area contributed by atoms with E-state index in [1.165, 1.54) is 33.5 Å². The molecular formula is C23H22FN7O3. The van der Waals surface area contributed by atoms with Crippen LogP contribution in [-0.2, 0) is 0 Å². The third-order valence-electron chi connectivity index (χ3n) is 5.82. The van der Waals surface area contributed by atoms with Crippen molar-refractivity contribution in [3.8, 4) is 5.69 Å². The highest BCUT2D eigenvalue weighted by molar-refractivity contribution is 6.00. The van der Waals surface area contributed by atoms with Gasteiger partial charge in [0.05, 0.1) is 24.0 Å². The van der Waals surface area contributed by atoms with E-state index < -0.39 is 23.4 Å². The molecule has 4 aromatic rings. The number of nitrogens with zero attached hydrogens (tertiary/aromatic N) is 4. The Morgan fingerprint density at radius 1 is 1.21 bits per heavy atom. The maximum Gasteiger partial charge on any atom is 0.278 e. The smallest absolute Gasteiger partial charge is 0.278 e. The van der Waals surface area contributed by atoms with Crippen molar-refractivity contribution >= 4 is 28.9 Å². The summed E-state index contributed by atoms with van der Waals surface area (Å²) >= 11 is 0. The fourth-order valence-corrected chi connectivity index (χ4v) is 3.82. The minimum absolute atomic E-state index is 0.216. The van der Waals surface area contributed by atoms with E-state index in [0.29, 0.717) is 30.2 Å². The van der Waals surface area contributed by atoms with Gasteiger partial charge in [0.1, 0.15) is 28.7 Å². The van der Waals surface area contributed by atoms with Gasteiger partial charge in [0.15, 0.2) is 5.65 Å². The highest BCUT2D eigenvalue weighted by Gasteiger charge is 2.31. The molecule has 11 heteroatoms. The first-order valence-corrected chi connectivity index (χ1v) is 10.7. The molecule has 4 N–H and O–H groups in total. The molecule has 1 aromatic carbocycles. The van der Waals surface area contributed by atoms with Crippen molar-refractivity contribution in [2.45, 2.75) is 25.0 Å². The number of fused-ring (bicyclic) bond motifs is 1. The Hall–Kier alpha value is -4.25. The fourth-order valence-electron chi connectivity index (χ4n) is 3.82. The summed E-state index contributed by atoms with van der Waals surface area (Å²) in [6.45, 7) is 0. The van der Waals surface area contributed by atoms with Crippen LogP contribution in [0.2, 0.25) is 0 Å². The Balaban J connectivity index is 1.50. The van der Waals surface area contributed by atoms with Crippen LogP contribution in [-0.4, -0.2) is 49.4 Å². The molecule has 0 radical (unpaired) electrons. The number of hydrogen-bond acceptors (Lipinski definition) is 7. The molecule has 1 fully saturated rings. The lowest BCUT2D eigenvalue weighted by Crippen LogP contribution is -2.50. The number of pyridine rings is 1.